The lowest BCUT2D eigenvalue weighted by molar-refractivity contribution is -0.158. The Balaban J connectivity index is 2.24. The molecule has 0 amide bonds. The number of carboxylic acid groups (broad SMARTS) is 1. The fourth-order valence-corrected chi connectivity index (χ4v) is 3.28. The van der Waals surface area contributed by atoms with Crippen LogP contribution in [0, 0.1) is 0 Å². The molecule has 0 heterocycles. The van der Waals surface area contributed by atoms with Crippen LogP contribution in [0.1, 0.15) is 29.5 Å². The van der Waals surface area contributed by atoms with Crippen molar-refractivity contribution in [3.63, 3.8) is 0 Å². The highest BCUT2D eigenvalue weighted by atomic mass is 19.4. The molecule has 3 rings (SSSR count). The molecule has 0 atom stereocenters. The second kappa shape index (κ2) is 7.59. The first kappa shape index (κ1) is 23.7. The van der Waals surface area contributed by atoms with Gasteiger partial charge < -0.3 is 9.84 Å². The van der Waals surface area contributed by atoms with Gasteiger partial charge in [-0.25, -0.2) is 0 Å². The number of hydrogen-bond acceptors (Lipinski definition) is 2. The Hall–Kier alpha value is -2.92. The molecule has 0 saturated heterocycles. The van der Waals surface area contributed by atoms with E-state index in [4.69, 9.17) is 0 Å². The number of aliphatic carboxylic acids is 1. The number of ether oxygens (including phenoxy) is 1. The van der Waals surface area contributed by atoms with Crippen LogP contribution in [0.5, 0.6) is 5.75 Å². The second-order valence-corrected chi connectivity index (χ2v) is 7.26. The fourth-order valence-electron chi connectivity index (χ4n) is 3.28. The van der Waals surface area contributed by atoms with E-state index >= 15 is 0 Å². The van der Waals surface area contributed by atoms with E-state index in [1.165, 1.54) is 0 Å². The van der Waals surface area contributed by atoms with E-state index in [0.29, 0.717) is 18.2 Å². The van der Waals surface area contributed by atoms with Gasteiger partial charge in [-0.05, 0) is 53.8 Å². The number of hydrogen-bond donors (Lipinski definition) is 1. The third kappa shape index (κ3) is 4.78. The van der Waals surface area contributed by atoms with E-state index in [9.17, 15) is 49.4 Å². The molecule has 1 aliphatic carbocycles. The lowest BCUT2D eigenvalue weighted by Gasteiger charge is -2.22. The van der Waals surface area contributed by atoms with Gasteiger partial charge in [0, 0.05) is 0 Å². The van der Waals surface area contributed by atoms with E-state index in [1.807, 2.05) is 0 Å². The van der Waals surface area contributed by atoms with Crippen molar-refractivity contribution < 1.29 is 54.2 Å². The monoisotopic (exact) mass is 472 g/mol. The Labute approximate surface area is 174 Å². The maximum atomic E-state index is 13.8. The standard InChI is InChI=1S/C20H13F9O3/c21-18(22,23)9-32-14-8-12(17(5-6-17)16(30)31)7-13(15(14)20(27,28)29)10-1-3-11(4-2-10)19(24,25)26/h1-4,7-8H,5-6,9H2,(H,30,31). The molecule has 1 aliphatic rings. The minimum atomic E-state index is -5.25. The van der Waals surface area contributed by atoms with Crippen molar-refractivity contribution in [2.75, 3.05) is 6.61 Å². The lowest BCUT2D eigenvalue weighted by atomic mass is 9.88. The fraction of sp³-hybridized carbons (Fsp3) is 0.350. The molecular weight excluding hydrogens is 459 g/mol. The molecule has 0 unspecified atom stereocenters. The van der Waals surface area contributed by atoms with Crippen molar-refractivity contribution >= 4 is 5.97 Å². The highest BCUT2D eigenvalue weighted by Crippen LogP contribution is 2.53. The van der Waals surface area contributed by atoms with Crippen LogP contribution < -0.4 is 4.74 Å². The average molecular weight is 472 g/mol. The highest BCUT2D eigenvalue weighted by molar-refractivity contribution is 5.86. The van der Waals surface area contributed by atoms with Crippen LogP contribution in [-0.4, -0.2) is 23.9 Å². The number of alkyl halides is 9. The SMILES string of the molecule is O=C(O)C1(c2cc(OCC(F)(F)F)c(C(F)(F)F)c(-c3ccc(C(F)(F)F)cc3)c2)CC1. The van der Waals surface area contributed by atoms with Crippen LogP contribution >= 0.6 is 0 Å². The second-order valence-electron chi connectivity index (χ2n) is 7.26. The molecule has 2 aromatic carbocycles. The first-order valence-corrected chi connectivity index (χ1v) is 8.91. The minimum absolute atomic E-state index is 0.0266. The Kier molecular flexibility index (Phi) is 5.63. The highest BCUT2D eigenvalue weighted by Gasteiger charge is 2.53. The van der Waals surface area contributed by atoms with E-state index in [2.05, 4.69) is 4.74 Å². The van der Waals surface area contributed by atoms with Gasteiger partial charge in [0.05, 0.1) is 11.0 Å². The van der Waals surface area contributed by atoms with E-state index in [0.717, 1.165) is 18.2 Å². The zero-order valence-corrected chi connectivity index (χ0v) is 15.8. The van der Waals surface area contributed by atoms with Crippen molar-refractivity contribution in [3.8, 4) is 16.9 Å². The molecule has 0 aliphatic heterocycles. The molecule has 1 N–H and O–H groups in total. The molecule has 1 fully saturated rings. The zero-order valence-electron chi connectivity index (χ0n) is 15.8. The summed E-state index contributed by atoms with van der Waals surface area (Å²) < 4.78 is 122. The summed E-state index contributed by atoms with van der Waals surface area (Å²) in [7, 11) is 0. The molecule has 0 spiro atoms. The van der Waals surface area contributed by atoms with Crippen LogP contribution in [0.15, 0.2) is 36.4 Å². The van der Waals surface area contributed by atoms with E-state index in [-0.39, 0.29) is 18.4 Å². The molecule has 3 nitrogen and oxygen atoms in total. The molecule has 2 aromatic rings. The Morgan fingerprint density at radius 1 is 0.906 bits per heavy atom. The van der Waals surface area contributed by atoms with Crippen molar-refractivity contribution in [1.82, 2.24) is 0 Å². The number of rotatable bonds is 5. The maximum absolute atomic E-state index is 13.8. The predicted octanol–water partition coefficient (Wildman–Crippen LogP) is 6.45. The summed E-state index contributed by atoms with van der Waals surface area (Å²) in [4.78, 5) is 11.6. The third-order valence-corrected chi connectivity index (χ3v) is 5.01. The van der Waals surface area contributed by atoms with Crippen LogP contribution in [-0.2, 0) is 22.6 Å². The number of halogens is 9. The van der Waals surface area contributed by atoms with Crippen LogP contribution in [0.3, 0.4) is 0 Å². The first-order valence-electron chi connectivity index (χ1n) is 8.91. The molecule has 174 valence electrons. The van der Waals surface area contributed by atoms with Gasteiger partial charge in [-0.15, -0.1) is 0 Å². The maximum Gasteiger partial charge on any atom is 0.422 e. The largest absolute Gasteiger partial charge is 0.483 e. The Bertz CT molecular complexity index is 1010. The van der Waals surface area contributed by atoms with Gasteiger partial charge in [0.1, 0.15) is 11.3 Å². The van der Waals surface area contributed by atoms with Gasteiger partial charge in [0.25, 0.3) is 0 Å². The van der Waals surface area contributed by atoms with Crippen LogP contribution in [0.4, 0.5) is 39.5 Å². The predicted molar refractivity (Wildman–Crippen MR) is 92.0 cm³/mol. The molecule has 12 heteroatoms. The van der Waals surface area contributed by atoms with Gasteiger partial charge in [0.2, 0.25) is 0 Å². The van der Waals surface area contributed by atoms with E-state index < -0.39 is 64.5 Å². The molecular formula is C20H13F9O3. The normalized spacial score (nSPS) is 16.0. The molecule has 1 saturated carbocycles. The van der Waals surface area contributed by atoms with Crippen LogP contribution in [0.2, 0.25) is 0 Å². The van der Waals surface area contributed by atoms with Gasteiger partial charge >= 0.3 is 24.5 Å². The summed E-state index contributed by atoms with van der Waals surface area (Å²) in [5, 5.41) is 9.46. The van der Waals surface area contributed by atoms with Crippen molar-refractivity contribution in [3.05, 3.63) is 53.1 Å². The first-order chi connectivity index (χ1) is 14.5. The summed E-state index contributed by atoms with van der Waals surface area (Å²) in [6.07, 6.45) is -15.0. The van der Waals surface area contributed by atoms with Crippen molar-refractivity contribution in [1.29, 1.82) is 0 Å². The zero-order chi connectivity index (χ0) is 24.1. The van der Waals surface area contributed by atoms with Gasteiger partial charge in [-0.3, -0.25) is 4.79 Å². The Morgan fingerprint density at radius 2 is 1.47 bits per heavy atom. The quantitative estimate of drug-likeness (QED) is 0.509. The molecule has 32 heavy (non-hydrogen) atoms. The van der Waals surface area contributed by atoms with Crippen LogP contribution in [0.25, 0.3) is 11.1 Å². The van der Waals surface area contributed by atoms with Crippen molar-refractivity contribution in [2.45, 2.75) is 36.8 Å². The van der Waals surface area contributed by atoms with Gasteiger partial charge in [0.15, 0.2) is 6.61 Å². The van der Waals surface area contributed by atoms with E-state index in [1.54, 1.807) is 0 Å². The lowest BCUT2D eigenvalue weighted by Crippen LogP contribution is -2.23. The summed E-state index contributed by atoms with van der Waals surface area (Å²) >= 11 is 0. The summed E-state index contributed by atoms with van der Waals surface area (Å²) in [6, 6.07) is 3.91. The smallest absolute Gasteiger partial charge is 0.422 e. The summed E-state index contributed by atoms with van der Waals surface area (Å²) in [5.41, 5.74) is -5.82. The van der Waals surface area contributed by atoms with Gasteiger partial charge in [-0.2, -0.15) is 39.5 Å². The molecule has 0 aromatic heterocycles. The summed E-state index contributed by atoms with van der Waals surface area (Å²) in [5.74, 6) is -2.65. The third-order valence-electron chi connectivity index (χ3n) is 5.01. The number of carboxylic acids is 1. The Morgan fingerprint density at radius 3 is 1.88 bits per heavy atom. The molecule has 0 bridgehead atoms. The number of carbonyl (C=O) groups is 1. The topological polar surface area (TPSA) is 46.5 Å². The minimum Gasteiger partial charge on any atom is -0.483 e. The van der Waals surface area contributed by atoms with Gasteiger partial charge in [-0.1, -0.05) is 12.1 Å². The molecule has 0 radical (unpaired) electrons. The van der Waals surface area contributed by atoms with Crippen molar-refractivity contribution in [2.24, 2.45) is 0 Å². The summed E-state index contributed by atoms with van der Waals surface area (Å²) in [6.45, 7) is -2.08. The average Bonchev–Trinajstić information content (AvgIpc) is 3.46. The number of benzene rings is 2.